The number of anilines is 1. The maximum Gasteiger partial charge on any atom is 0.227 e. The topological polar surface area (TPSA) is 38.3 Å². The van der Waals surface area contributed by atoms with Gasteiger partial charge in [-0.1, -0.05) is 48.2 Å². The third kappa shape index (κ3) is 7.48. The summed E-state index contributed by atoms with van der Waals surface area (Å²) in [4.78, 5) is 12.8. The van der Waals surface area contributed by atoms with Crippen molar-refractivity contribution >= 4 is 27.5 Å². The van der Waals surface area contributed by atoms with Crippen molar-refractivity contribution in [2.75, 3.05) is 11.9 Å². The van der Waals surface area contributed by atoms with Crippen molar-refractivity contribution in [2.45, 2.75) is 83.4 Å². The van der Waals surface area contributed by atoms with E-state index in [9.17, 15) is 4.79 Å². The number of benzene rings is 1. The van der Waals surface area contributed by atoms with E-state index in [1.54, 1.807) is 0 Å². The van der Waals surface area contributed by atoms with Crippen molar-refractivity contribution in [1.82, 2.24) is 0 Å². The number of alkyl halides is 1. The molecule has 0 aliphatic heterocycles. The van der Waals surface area contributed by atoms with Crippen LogP contribution >= 0.6 is 15.9 Å². The second kappa shape index (κ2) is 10.5. The molecule has 0 unspecified atom stereocenters. The maximum atomic E-state index is 12.8. The van der Waals surface area contributed by atoms with Gasteiger partial charge in [0.2, 0.25) is 5.91 Å². The quantitative estimate of drug-likeness (QED) is 0.434. The highest BCUT2D eigenvalue weighted by Crippen LogP contribution is 2.34. The van der Waals surface area contributed by atoms with Gasteiger partial charge in [-0.15, -0.1) is 0 Å². The van der Waals surface area contributed by atoms with E-state index in [4.69, 9.17) is 4.74 Å². The van der Waals surface area contributed by atoms with Gasteiger partial charge in [-0.25, -0.2) is 0 Å². The number of nitrogens with one attached hydrogen (secondary N) is 1. The Morgan fingerprint density at radius 2 is 1.93 bits per heavy atom. The average Bonchev–Trinajstić information content (AvgIpc) is 2.61. The molecule has 2 rings (SSSR count). The number of carbonyl (C=O) groups excluding carboxylic acids is 1. The highest BCUT2D eigenvalue weighted by atomic mass is 79.9. The van der Waals surface area contributed by atoms with Crippen molar-refractivity contribution in [2.24, 2.45) is 11.8 Å². The van der Waals surface area contributed by atoms with Crippen LogP contribution in [0.2, 0.25) is 0 Å². The number of rotatable bonds is 9. The van der Waals surface area contributed by atoms with Gasteiger partial charge in [0.05, 0.1) is 12.3 Å². The molecule has 1 amide bonds. The highest BCUT2D eigenvalue weighted by molar-refractivity contribution is 9.10. The first kappa shape index (κ1) is 22.3. The Kier molecular flexibility index (Phi) is 8.65. The fourth-order valence-corrected chi connectivity index (χ4v) is 4.30. The Labute approximate surface area is 173 Å². The van der Waals surface area contributed by atoms with E-state index in [0.29, 0.717) is 6.61 Å². The minimum Gasteiger partial charge on any atom is -0.492 e. The molecule has 1 aliphatic carbocycles. The van der Waals surface area contributed by atoms with E-state index >= 15 is 0 Å². The molecule has 1 aromatic carbocycles. The SMILES string of the molecule is CCCCC1CCC(C(=O)Nc2ccc(CC(C)(C)Br)cc2OCC)CC1. The Morgan fingerprint density at radius 1 is 1.22 bits per heavy atom. The summed E-state index contributed by atoms with van der Waals surface area (Å²) in [6.07, 6.45) is 9.22. The molecule has 0 saturated heterocycles. The van der Waals surface area contributed by atoms with Crippen LogP contribution in [-0.4, -0.2) is 16.8 Å². The minimum absolute atomic E-state index is 0.0393. The predicted octanol–water partition coefficient (Wildman–Crippen LogP) is 6.74. The molecule has 27 heavy (non-hydrogen) atoms. The molecule has 0 spiro atoms. The first-order valence-electron chi connectivity index (χ1n) is 10.6. The van der Waals surface area contributed by atoms with Gasteiger partial charge >= 0.3 is 0 Å². The van der Waals surface area contributed by atoms with Crippen LogP contribution in [0.25, 0.3) is 0 Å². The average molecular weight is 438 g/mol. The van der Waals surface area contributed by atoms with E-state index in [1.165, 1.54) is 37.7 Å². The van der Waals surface area contributed by atoms with Gasteiger partial charge in [-0.2, -0.15) is 0 Å². The van der Waals surface area contributed by atoms with Gasteiger partial charge in [0.1, 0.15) is 5.75 Å². The van der Waals surface area contributed by atoms with Crippen molar-refractivity contribution in [3.05, 3.63) is 23.8 Å². The molecule has 0 aromatic heterocycles. The fourth-order valence-electron chi connectivity index (χ4n) is 3.98. The predicted molar refractivity (Wildman–Crippen MR) is 118 cm³/mol. The molecule has 0 atom stereocenters. The van der Waals surface area contributed by atoms with Crippen molar-refractivity contribution in [1.29, 1.82) is 0 Å². The monoisotopic (exact) mass is 437 g/mol. The summed E-state index contributed by atoms with van der Waals surface area (Å²) >= 11 is 3.70. The molecule has 4 heteroatoms. The van der Waals surface area contributed by atoms with Crippen molar-refractivity contribution in [3.8, 4) is 5.75 Å². The molecule has 0 radical (unpaired) electrons. The van der Waals surface area contributed by atoms with Gasteiger partial charge in [-0.3, -0.25) is 4.79 Å². The summed E-state index contributed by atoms with van der Waals surface area (Å²) in [5.74, 6) is 1.88. The Bertz CT molecular complexity index is 601. The zero-order valence-electron chi connectivity index (χ0n) is 17.4. The van der Waals surface area contributed by atoms with Crippen LogP contribution in [0, 0.1) is 11.8 Å². The smallest absolute Gasteiger partial charge is 0.227 e. The third-order valence-electron chi connectivity index (χ3n) is 5.41. The summed E-state index contributed by atoms with van der Waals surface area (Å²) in [6.45, 7) is 9.12. The highest BCUT2D eigenvalue weighted by Gasteiger charge is 2.26. The molecule has 3 nitrogen and oxygen atoms in total. The van der Waals surface area contributed by atoms with Gasteiger partial charge in [0.25, 0.3) is 0 Å². The second-order valence-electron chi connectivity index (χ2n) is 8.51. The molecule has 1 fully saturated rings. The molecule has 1 saturated carbocycles. The number of unbranched alkanes of at least 4 members (excludes halogenated alkanes) is 1. The largest absolute Gasteiger partial charge is 0.492 e. The summed E-state index contributed by atoms with van der Waals surface area (Å²) in [5, 5.41) is 3.14. The zero-order valence-corrected chi connectivity index (χ0v) is 19.0. The van der Waals surface area contributed by atoms with Crippen LogP contribution in [0.4, 0.5) is 5.69 Å². The molecule has 1 aromatic rings. The van der Waals surface area contributed by atoms with Gasteiger partial charge in [0.15, 0.2) is 0 Å². The number of hydrogen-bond donors (Lipinski definition) is 1. The van der Waals surface area contributed by atoms with E-state index < -0.39 is 0 Å². The lowest BCUT2D eigenvalue weighted by Crippen LogP contribution is -2.27. The second-order valence-corrected chi connectivity index (χ2v) is 10.7. The van der Waals surface area contributed by atoms with E-state index in [1.807, 2.05) is 13.0 Å². The van der Waals surface area contributed by atoms with Gasteiger partial charge in [-0.05, 0) is 76.5 Å². The fraction of sp³-hybridized carbons (Fsp3) is 0.696. The first-order valence-corrected chi connectivity index (χ1v) is 11.4. The zero-order chi connectivity index (χ0) is 19.9. The number of hydrogen-bond acceptors (Lipinski definition) is 2. The molecular formula is C23H36BrNO2. The summed E-state index contributed by atoms with van der Waals surface area (Å²) < 4.78 is 5.85. The number of halogens is 1. The Morgan fingerprint density at radius 3 is 2.52 bits per heavy atom. The molecule has 0 heterocycles. The summed E-state index contributed by atoms with van der Waals surface area (Å²) in [6, 6.07) is 6.14. The lowest BCUT2D eigenvalue weighted by Gasteiger charge is -2.28. The molecule has 1 N–H and O–H groups in total. The van der Waals surface area contributed by atoms with E-state index in [0.717, 1.165) is 36.6 Å². The van der Waals surface area contributed by atoms with Crippen molar-refractivity contribution < 1.29 is 9.53 Å². The lowest BCUT2D eigenvalue weighted by molar-refractivity contribution is -0.121. The minimum atomic E-state index is 0.0393. The lowest BCUT2D eigenvalue weighted by atomic mass is 9.79. The van der Waals surface area contributed by atoms with Crippen LogP contribution < -0.4 is 10.1 Å². The van der Waals surface area contributed by atoms with Crippen LogP contribution in [0.1, 0.15) is 78.2 Å². The molecular weight excluding hydrogens is 402 g/mol. The molecule has 152 valence electrons. The summed E-state index contributed by atoms with van der Waals surface area (Å²) in [7, 11) is 0. The van der Waals surface area contributed by atoms with Gasteiger partial charge < -0.3 is 10.1 Å². The van der Waals surface area contributed by atoms with Crippen LogP contribution in [0.5, 0.6) is 5.75 Å². The Balaban J connectivity index is 1.98. The number of amides is 1. The molecule has 0 bridgehead atoms. The van der Waals surface area contributed by atoms with Crippen LogP contribution in [0.15, 0.2) is 18.2 Å². The normalized spacial score (nSPS) is 20.3. The summed E-state index contributed by atoms with van der Waals surface area (Å²) in [5.41, 5.74) is 2.00. The Hall–Kier alpha value is -1.03. The third-order valence-corrected chi connectivity index (χ3v) is 5.69. The number of carbonyl (C=O) groups is 1. The van der Waals surface area contributed by atoms with E-state index in [-0.39, 0.29) is 16.1 Å². The molecule has 1 aliphatic rings. The number of ether oxygens (including phenoxy) is 1. The maximum absolute atomic E-state index is 12.8. The van der Waals surface area contributed by atoms with Gasteiger partial charge in [0, 0.05) is 10.2 Å². The van der Waals surface area contributed by atoms with Crippen LogP contribution in [0.3, 0.4) is 0 Å². The van der Waals surface area contributed by atoms with Crippen molar-refractivity contribution in [3.63, 3.8) is 0 Å². The standard InChI is InChI=1S/C23H36BrNO2/c1-5-7-8-17-9-12-19(13-10-17)22(26)25-20-14-11-18(16-23(3,4)24)15-21(20)27-6-2/h11,14-15,17,19H,5-10,12-13,16H2,1-4H3,(H,25,26). The first-order chi connectivity index (χ1) is 12.8. The van der Waals surface area contributed by atoms with E-state index in [2.05, 4.69) is 54.2 Å². The van der Waals surface area contributed by atoms with Crippen LogP contribution in [-0.2, 0) is 11.2 Å².